The minimum atomic E-state index is -0.798. The van der Waals surface area contributed by atoms with Crippen molar-refractivity contribution >= 4 is 23.3 Å². The normalized spacial score (nSPS) is 10.4. The topological polar surface area (TPSA) is 77.4 Å². The number of nitrogens with zero attached hydrogens (tertiary/aromatic N) is 1. The van der Waals surface area contributed by atoms with Gasteiger partial charge in [-0.15, -0.1) is 0 Å². The van der Waals surface area contributed by atoms with Crippen LogP contribution < -0.4 is 5.32 Å². The van der Waals surface area contributed by atoms with E-state index in [4.69, 9.17) is 4.74 Å². The molecule has 7 heteroatoms. The van der Waals surface area contributed by atoms with E-state index in [-0.39, 0.29) is 18.1 Å². The van der Waals surface area contributed by atoms with Crippen LogP contribution in [0, 0.1) is 5.82 Å². The molecule has 0 aliphatic carbocycles. The Morgan fingerprint density at radius 2 is 1.69 bits per heavy atom. The van der Waals surface area contributed by atoms with Crippen molar-refractivity contribution in [3.05, 3.63) is 89.5 Å². The SMILES string of the molecule is CCOC(=O)c1ccc(NC(=O)C(=O)c2cccn2Cc2ccc(F)cc2)cc1. The van der Waals surface area contributed by atoms with Gasteiger partial charge in [0.25, 0.3) is 11.7 Å². The average Bonchev–Trinajstić information content (AvgIpc) is 3.18. The molecule has 1 aromatic heterocycles. The highest BCUT2D eigenvalue weighted by Crippen LogP contribution is 2.13. The first-order valence-electron chi connectivity index (χ1n) is 9.00. The Hall–Kier alpha value is -3.74. The van der Waals surface area contributed by atoms with Crippen LogP contribution >= 0.6 is 0 Å². The van der Waals surface area contributed by atoms with Crippen molar-refractivity contribution in [2.45, 2.75) is 13.5 Å². The summed E-state index contributed by atoms with van der Waals surface area (Å²) in [4.78, 5) is 36.6. The second-order valence-corrected chi connectivity index (χ2v) is 6.23. The van der Waals surface area contributed by atoms with Gasteiger partial charge in [-0.2, -0.15) is 0 Å². The lowest BCUT2D eigenvalue weighted by molar-refractivity contribution is -0.112. The Morgan fingerprint density at radius 3 is 2.34 bits per heavy atom. The number of nitrogens with one attached hydrogen (secondary N) is 1. The van der Waals surface area contributed by atoms with Crippen LogP contribution in [0.1, 0.15) is 33.3 Å². The number of hydrogen-bond donors (Lipinski definition) is 1. The first-order chi connectivity index (χ1) is 14.0. The Morgan fingerprint density at radius 1 is 1.00 bits per heavy atom. The van der Waals surface area contributed by atoms with E-state index in [9.17, 15) is 18.8 Å². The molecule has 3 rings (SSSR count). The zero-order valence-electron chi connectivity index (χ0n) is 15.7. The van der Waals surface area contributed by atoms with E-state index in [1.54, 1.807) is 42.0 Å². The van der Waals surface area contributed by atoms with Crippen molar-refractivity contribution in [3.8, 4) is 0 Å². The van der Waals surface area contributed by atoms with Gasteiger partial charge in [-0.1, -0.05) is 12.1 Å². The van der Waals surface area contributed by atoms with Gasteiger partial charge in [0.1, 0.15) is 5.82 Å². The lowest BCUT2D eigenvalue weighted by Crippen LogP contribution is -2.25. The molecule has 1 amide bonds. The number of carbonyl (C=O) groups excluding carboxylic acids is 3. The van der Waals surface area contributed by atoms with E-state index in [1.807, 2.05) is 0 Å². The molecular weight excluding hydrogens is 375 g/mol. The smallest absolute Gasteiger partial charge is 0.338 e. The third kappa shape index (κ3) is 4.95. The maximum absolute atomic E-state index is 13.1. The number of Topliss-reactive ketones (excluding diaryl/α,β-unsaturated/α-hetero) is 1. The lowest BCUT2D eigenvalue weighted by atomic mass is 10.2. The number of amides is 1. The Labute approximate surface area is 166 Å². The highest BCUT2D eigenvalue weighted by molar-refractivity contribution is 6.46. The van der Waals surface area contributed by atoms with Gasteiger partial charge in [0, 0.05) is 18.4 Å². The summed E-state index contributed by atoms with van der Waals surface area (Å²) in [6.07, 6.45) is 1.68. The van der Waals surface area contributed by atoms with Crippen molar-refractivity contribution in [1.29, 1.82) is 0 Å². The molecule has 1 N–H and O–H groups in total. The summed E-state index contributed by atoms with van der Waals surface area (Å²) >= 11 is 0. The minimum Gasteiger partial charge on any atom is -0.462 e. The van der Waals surface area contributed by atoms with Gasteiger partial charge in [-0.3, -0.25) is 9.59 Å². The number of aromatic nitrogens is 1. The third-order valence-electron chi connectivity index (χ3n) is 4.19. The molecule has 1 heterocycles. The van der Waals surface area contributed by atoms with Crippen LogP contribution in [0.5, 0.6) is 0 Å². The summed E-state index contributed by atoms with van der Waals surface area (Å²) in [7, 11) is 0. The fraction of sp³-hybridized carbons (Fsp3) is 0.136. The van der Waals surface area contributed by atoms with Gasteiger partial charge in [0.15, 0.2) is 0 Å². The highest BCUT2D eigenvalue weighted by Gasteiger charge is 2.20. The Kier molecular flexibility index (Phi) is 6.19. The molecule has 148 valence electrons. The molecule has 0 unspecified atom stereocenters. The first-order valence-corrected chi connectivity index (χ1v) is 9.00. The van der Waals surface area contributed by atoms with Crippen molar-refractivity contribution < 1.29 is 23.5 Å². The number of hydrogen-bond acceptors (Lipinski definition) is 4. The summed E-state index contributed by atoms with van der Waals surface area (Å²) in [5.74, 6) is -2.30. The summed E-state index contributed by atoms with van der Waals surface area (Å²) in [5.41, 5.74) is 1.75. The van der Waals surface area contributed by atoms with Gasteiger partial charge in [-0.25, -0.2) is 9.18 Å². The summed E-state index contributed by atoms with van der Waals surface area (Å²) in [5, 5.41) is 2.52. The van der Waals surface area contributed by atoms with E-state index in [0.29, 0.717) is 17.8 Å². The first kappa shape index (κ1) is 20.0. The average molecular weight is 394 g/mol. The van der Waals surface area contributed by atoms with Crippen LogP contribution in [0.4, 0.5) is 10.1 Å². The predicted octanol–water partition coefficient (Wildman–Crippen LogP) is 3.67. The quantitative estimate of drug-likeness (QED) is 0.377. The van der Waals surface area contributed by atoms with E-state index in [2.05, 4.69) is 5.32 Å². The molecule has 0 bridgehead atoms. The molecular formula is C22H19FN2O4. The van der Waals surface area contributed by atoms with Crippen molar-refractivity contribution in [2.24, 2.45) is 0 Å². The molecule has 0 spiro atoms. The van der Waals surface area contributed by atoms with Crippen LogP contribution in [0.3, 0.4) is 0 Å². The number of ether oxygens (including phenoxy) is 1. The maximum Gasteiger partial charge on any atom is 0.338 e. The molecule has 0 saturated carbocycles. The molecule has 0 aliphatic rings. The third-order valence-corrected chi connectivity index (χ3v) is 4.19. The second kappa shape index (κ2) is 8.97. The maximum atomic E-state index is 13.1. The summed E-state index contributed by atoms with van der Waals surface area (Å²) in [6.45, 7) is 2.31. The predicted molar refractivity (Wildman–Crippen MR) is 105 cm³/mol. The van der Waals surface area contributed by atoms with Crippen LogP contribution in [-0.2, 0) is 16.1 Å². The van der Waals surface area contributed by atoms with Crippen molar-refractivity contribution in [3.63, 3.8) is 0 Å². The van der Waals surface area contributed by atoms with Crippen LogP contribution in [0.25, 0.3) is 0 Å². The molecule has 2 aromatic carbocycles. The number of rotatable bonds is 7. The fourth-order valence-electron chi connectivity index (χ4n) is 2.75. The molecule has 6 nitrogen and oxygen atoms in total. The molecule has 0 atom stereocenters. The van der Waals surface area contributed by atoms with E-state index < -0.39 is 17.7 Å². The van der Waals surface area contributed by atoms with E-state index >= 15 is 0 Å². The second-order valence-electron chi connectivity index (χ2n) is 6.23. The van der Waals surface area contributed by atoms with E-state index in [0.717, 1.165) is 5.56 Å². The van der Waals surface area contributed by atoms with Crippen LogP contribution in [-0.4, -0.2) is 28.8 Å². The van der Waals surface area contributed by atoms with Gasteiger partial charge >= 0.3 is 5.97 Å². The molecule has 0 saturated heterocycles. The zero-order valence-corrected chi connectivity index (χ0v) is 15.7. The summed E-state index contributed by atoms with van der Waals surface area (Å²) in [6, 6.07) is 15.2. The number of ketones is 1. The fourth-order valence-corrected chi connectivity index (χ4v) is 2.75. The van der Waals surface area contributed by atoms with Crippen molar-refractivity contribution in [1.82, 2.24) is 4.57 Å². The van der Waals surface area contributed by atoms with Gasteiger partial charge in [0.2, 0.25) is 0 Å². The number of anilines is 1. The van der Waals surface area contributed by atoms with Crippen LogP contribution in [0.15, 0.2) is 66.9 Å². The molecule has 0 fully saturated rings. The number of benzene rings is 2. The van der Waals surface area contributed by atoms with E-state index in [1.165, 1.54) is 36.4 Å². The van der Waals surface area contributed by atoms with Gasteiger partial charge in [-0.05, 0) is 61.0 Å². The van der Waals surface area contributed by atoms with Gasteiger partial charge < -0.3 is 14.6 Å². The molecule has 29 heavy (non-hydrogen) atoms. The molecule has 0 radical (unpaired) electrons. The molecule has 3 aromatic rings. The van der Waals surface area contributed by atoms with Gasteiger partial charge in [0.05, 0.1) is 17.9 Å². The number of carbonyl (C=O) groups is 3. The number of halogens is 1. The minimum absolute atomic E-state index is 0.218. The largest absolute Gasteiger partial charge is 0.462 e. The number of esters is 1. The zero-order chi connectivity index (χ0) is 20.8. The highest BCUT2D eigenvalue weighted by atomic mass is 19.1. The Balaban J connectivity index is 1.68. The van der Waals surface area contributed by atoms with Crippen LogP contribution in [0.2, 0.25) is 0 Å². The Bertz CT molecular complexity index is 1020. The monoisotopic (exact) mass is 394 g/mol. The molecule has 0 aliphatic heterocycles. The van der Waals surface area contributed by atoms with Crippen molar-refractivity contribution in [2.75, 3.05) is 11.9 Å². The summed E-state index contributed by atoms with van der Waals surface area (Å²) < 4.78 is 19.6. The lowest BCUT2D eigenvalue weighted by Gasteiger charge is -2.09. The standard InChI is InChI=1S/C22H19FN2O4/c1-2-29-22(28)16-7-11-18(12-8-16)24-21(27)20(26)19-4-3-13-25(19)14-15-5-9-17(23)10-6-15/h3-13H,2,14H2,1H3,(H,24,27).